The second kappa shape index (κ2) is 6.31. The molecule has 0 aliphatic heterocycles. The van der Waals surface area contributed by atoms with Gasteiger partial charge in [-0.25, -0.2) is 14.0 Å². The molecule has 2 aromatic rings. The SMILES string of the molecule is O=C(Nc1cncc(C(=O)O)c1)Nc1ccc(Br)cc1F. The van der Waals surface area contributed by atoms with Crippen LogP contribution in [0.25, 0.3) is 0 Å². The van der Waals surface area contributed by atoms with E-state index < -0.39 is 17.8 Å². The maximum absolute atomic E-state index is 13.6. The molecule has 21 heavy (non-hydrogen) atoms. The van der Waals surface area contributed by atoms with Gasteiger partial charge in [0.05, 0.1) is 23.1 Å². The van der Waals surface area contributed by atoms with Gasteiger partial charge in [0.25, 0.3) is 0 Å². The summed E-state index contributed by atoms with van der Waals surface area (Å²) in [5.41, 5.74) is 0.116. The molecule has 2 rings (SSSR count). The van der Waals surface area contributed by atoms with Gasteiger partial charge in [0.1, 0.15) is 5.82 Å². The highest BCUT2D eigenvalue weighted by molar-refractivity contribution is 9.10. The topological polar surface area (TPSA) is 91.3 Å². The van der Waals surface area contributed by atoms with Crippen molar-refractivity contribution in [3.63, 3.8) is 0 Å². The molecule has 0 unspecified atom stereocenters. The highest BCUT2D eigenvalue weighted by Crippen LogP contribution is 2.19. The number of urea groups is 1. The van der Waals surface area contributed by atoms with Gasteiger partial charge in [0.15, 0.2) is 0 Å². The Morgan fingerprint density at radius 1 is 1.19 bits per heavy atom. The van der Waals surface area contributed by atoms with Gasteiger partial charge >= 0.3 is 12.0 Å². The van der Waals surface area contributed by atoms with Crippen molar-refractivity contribution < 1.29 is 19.1 Å². The molecule has 0 spiro atoms. The normalized spacial score (nSPS) is 10.0. The number of nitrogens with zero attached hydrogens (tertiary/aromatic N) is 1. The van der Waals surface area contributed by atoms with E-state index >= 15 is 0 Å². The van der Waals surface area contributed by atoms with Gasteiger partial charge in [0, 0.05) is 10.7 Å². The Bertz CT molecular complexity index is 709. The van der Waals surface area contributed by atoms with E-state index in [1.807, 2.05) is 0 Å². The van der Waals surface area contributed by atoms with E-state index in [2.05, 4.69) is 31.5 Å². The predicted octanol–water partition coefficient (Wildman–Crippen LogP) is 3.33. The van der Waals surface area contributed by atoms with Crippen molar-refractivity contribution in [1.82, 2.24) is 4.98 Å². The molecule has 0 saturated heterocycles. The fourth-order valence-corrected chi connectivity index (χ4v) is 1.83. The number of carbonyl (C=O) groups excluding carboxylic acids is 1. The largest absolute Gasteiger partial charge is 0.478 e. The van der Waals surface area contributed by atoms with Crippen LogP contribution in [0.1, 0.15) is 10.4 Å². The highest BCUT2D eigenvalue weighted by Gasteiger charge is 2.09. The average Bonchev–Trinajstić information content (AvgIpc) is 2.42. The molecule has 0 fully saturated rings. The summed E-state index contributed by atoms with van der Waals surface area (Å²) in [5, 5.41) is 13.5. The van der Waals surface area contributed by atoms with Crippen molar-refractivity contribution in [2.45, 2.75) is 0 Å². The molecule has 0 radical (unpaired) electrons. The molecule has 1 heterocycles. The summed E-state index contributed by atoms with van der Waals surface area (Å²) in [5.74, 6) is -1.76. The zero-order valence-electron chi connectivity index (χ0n) is 10.4. The number of amides is 2. The third-order valence-corrected chi connectivity index (χ3v) is 2.92. The molecule has 6 nitrogen and oxygen atoms in total. The zero-order valence-corrected chi connectivity index (χ0v) is 12.0. The average molecular weight is 354 g/mol. The first-order valence-corrected chi connectivity index (χ1v) is 6.46. The summed E-state index contributed by atoms with van der Waals surface area (Å²) >= 11 is 3.11. The fourth-order valence-electron chi connectivity index (χ4n) is 1.50. The molecule has 0 atom stereocenters. The molecule has 0 aliphatic rings. The third kappa shape index (κ3) is 3.99. The van der Waals surface area contributed by atoms with Crippen LogP contribution >= 0.6 is 15.9 Å². The van der Waals surface area contributed by atoms with Crippen LogP contribution < -0.4 is 10.6 Å². The molecule has 0 aliphatic carbocycles. The molecule has 0 saturated carbocycles. The lowest BCUT2D eigenvalue weighted by Crippen LogP contribution is -2.20. The van der Waals surface area contributed by atoms with Crippen LogP contribution in [-0.2, 0) is 0 Å². The van der Waals surface area contributed by atoms with Crippen LogP contribution in [0, 0.1) is 5.82 Å². The molecule has 1 aromatic carbocycles. The Hall–Kier alpha value is -2.48. The first-order valence-electron chi connectivity index (χ1n) is 5.67. The molecule has 3 N–H and O–H groups in total. The van der Waals surface area contributed by atoms with Crippen LogP contribution in [0.2, 0.25) is 0 Å². The van der Waals surface area contributed by atoms with Crippen LogP contribution in [-0.4, -0.2) is 22.1 Å². The second-order valence-electron chi connectivity index (χ2n) is 3.97. The van der Waals surface area contributed by atoms with Gasteiger partial charge < -0.3 is 15.7 Å². The Kier molecular flexibility index (Phi) is 4.49. The van der Waals surface area contributed by atoms with Gasteiger partial charge in [-0.15, -0.1) is 0 Å². The van der Waals surface area contributed by atoms with Gasteiger partial charge in [0.2, 0.25) is 0 Å². The summed E-state index contributed by atoms with van der Waals surface area (Å²) < 4.78 is 14.1. The summed E-state index contributed by atoms with van der Waals surface area (Å²) in [6.07, 6.45) is 2.43. The standard InChI is InChI=1S/C13H9BrFN3O3/c14-8-1-2-11(10(15)4-8)18-13(21)17-9-3-7(12(19)20)5-16-6-9/h1-6H,(H,19,20)(H2,17,18,21). The molecule has 8 heteroatoms. The molecular weight excluding hydrogens is 345 g/mol. The number of anilines is 2. The van der Waals surface area contributed by atoms with Gasteiger partial charge in [-0.2, -0.15) is 0 Å². The fraction of sp³-hybridized carbons (Fsp3) is 0. The monoisotopic (exact) mass is 353 g/mol. The van der Waals surface area contributed by atoms with E-state index in [0.29, 0.717) is 4.47 Å². The minimum absolute atomic E-state index is 0.00181. The van der Waals surface area contributed by atoms with E-state index in [-0.39, 0.29) is 16.9 Å². The molecule has 108 valence electrons. The third-order valence-electron chi connectivity index (χ3n) is 2.42. The van der Waals surface area contributed by atoms with E-state index in [4.69, 9.17) is 5.11 Å². The van der Waals surface area contributed by atoms with Crippen LogP contribution in [0.5, 0.6) is 0 Å². The maximum atomic E-state index is 13.6. The lowest BCUT2D eigenvalue weighted by atomic mass is 10.2. The number of nitrogens with one attached hydrogen (secondary N) is 2. The van der Waals surface area contributed by atoms with Crippen molar-refractivity contribution in [2.24, 2.45) is 0 Å². The molecule has 1 aromatic heterocycles. The number of rotatable bonds is 3. The van der Waals surface area contributed by atoms with Crippen molar-refractivity contribution in [1.29, 1.82) is 0 Å². The number of halogens is 2. The van der Waals surface area contributed by atoms with Crippen molar-refractivity contribution in [3.05, 3.63) is 52.5 Å². The summed E-state index contributed by atoms with van der Waals surface area (Å²) in [6, 6.07) is 4.71. The number of carboxylic acids is 1. The van der Waals surface area contributed by atoms with Crippen molar-refractivity contribution in [2.75, 3.05) is 10.6 Å². The van der Waals surface area contributed by atoms with Crippen LogP contribution in [0.15, 0.2) is 41.1 Å². The van der Waals surface area contributed by atoms with Crippen molar-refractivity contribution >= 4 is 39.3 Å². The number of pyridine rings is 1. The van der Waals surface area contributed by atoms with Gasteiger partial charge in [-0.1, -0.05) is 15.9 Å². The molecule has 0 bridgehead atoms. The second-order valence-corrected chi connectivity index (χ2v) is 4.89. The van der Waals surface area contributed by atoms with E-state index in [1.54, 1.807) is 6.07 Å². The van der Waals surface area contributed by atoms with Crippen molar-refractivity contribution in [3.8, 4) is 0 Å². The first kappa shape index (κ1) is 14.9. The summed E-state index contributed by atoms with van der Waals surface area (Å²) in [4.78, 5) is 26.2. The lowest BCUT2D eigenvalue weighted by Gasteiger charge is -2.08. The van der Waals surface area contributed by atoms with Crippen LogP contribution in [0.4, 0.5) is 20.6 Å². The quantitative estimate of drug-likeness (QED) is 0.789. The summed E-state index contributed by atoms with van der Waals surface area (Å²) in [7, 11) is 0. The predicted molar refractivity (Wildman–Crippen MR) is 77.9 cm³/mol. The lowest BCUT2D eigenvalue weighted by molar-refractivity contribution is 0.0696. The van der Waals surface area contributed by atoms with Crippen LogP contribution in [0.3, 0.4) is 0 Å². The number of carbonyl (C=O) groups is 2. The highest BCUT2D eigenvalue weighted by atomic mass is 79.9. The number of hydrogen-bond donors (Lipinski definition) is 3. The minimum atomic E-state index is -1.16. The number of hydrogen-bond acceptors (Lipinski definition) is 3. The van der Waals surface area contributed by atoms with E-state index in [1.165, 1.54) is 24.4 Å². The molecule has 2 amide bonds. The zero-order chi connectivity index (χ0) is 15.4. The minimum Gasteiger partial charge on any atom is -0.478 e. The number of benzene rings is 1. The first-order chi connectivity index (χ1) is 9.95. The Labute approximate surface area is 127 Å². The number of carboxylic acid groups (broad SMARTS) is 1. The molecular formula is C13H9BrFN3O3. The van der Waals surface area contributed by atoms with Gasteiger partial charge in [-0.3, -0.25) is 4.98 Å². The Morgan fingerprint density at radius 3 is 2.62 bits per heavy atom. The van der Waals surface area contributed by atoms with E-state index in [9.17, 15) is 14.0 Å². The smallest absolute Gasteiger partial charge is 0.337 e. The number of aromatic nitrogens is 1. The van der Waals surface area contributed by atoms with E-state index in [0.717, 1.165) is 6.20 Å². The maximum Gasteiger partial charge on any atom is 0.337 e. The Balaban J connectivity index is 2.08. The summed E-state index contributed by atoms with van der Waals surface area (Å²) in [6.45, 7) is 0. The Morgan fingerprint density at radius 2 is 1.95 bits per heavy atom. The number of aromatic carboxylic acids is 1. The van der Waals surface area contributed by atoms with Gasteiger partial charge in [-0.05, 0) is 24.3 Å².